The molecule has 24 heavy (non-hydrogen) atoms. The number of carbonyl (C=O) groups is 1. The third-order valence-electron chi connectivity index (χ3n) is 3.82. The molecule has 0 aliphatic carbocycles. The first-order valence-corrected chi connectivity index (χ1v) is 7.23. The van der Waals surface area contributed by atoms with Crippen LogP contribution in [0.3, 0.4) is 0 Å². The quantitative estimate of drug-likeness (QED) is 0.844. The molecule has 0 bridgehead atoms. The van der Waals surface area contributed by atoms with E-state index in [1.165, 1.54) is 20.3 Å². The molecule has 2 aromatic carbocycles. The van der Waals surface area contributed by atoms with Crippen LogP contribution in [0.4, 0.5) is 5.69 Å². The normalized spacial score (nSPS) is 14.3. The van der Waals surface area contributed by atoms with Crippen molar-refractivity contribution >= 4 is 23.2 Å². The molecule has 124 valence electrons. The van der Waals surface area contributed by atoms with Crippen LogP contribution in [-0.2, 0) is 4.79 Å². The molecule has 0 spiro atoms. The second kappa shape index (κ2) is 6.16. The summed E-state index contributed by atoms with van der Waals surface area (Å²) in [4.78, 5) is 12.3. The summed E-state index contributed by atoms with van der Waals surface area (Å²) in [7, 11) is 4.56. The van der Waals surface area contributed by atoms with E-state index in [1.807, 2.05) is 0 Å². The van der Waals surface area contributed by atoms with Gasteiger partial charge in [-0.05, 0) is 29.8 Å². The van der Waals surface area contributed by atoms with Crippen molar-refractivity contribution in [1.82, 2.24) is 0 Å². The molecule has 0 radical (unpaired) electrons. The Morgan fingerprint density at radius 2 is 1.62 bits per heavy atom. The molecular weight excluding hydrogens is 310 g/mol. The van der Waals surface area contributed by atoms with Gasteiger partial charge in [0.2, 0.25) is 0 Å². The van der Waals surface area contributed by atoms with Gasteiger partial charge < -0.3 is 24.6 Å². The van der Waals surface area contributed by atoms with Crippen molar-refractivity contribution in [2.24, 2.45) is 0 Å². The molecule has 1 heterocycles. The molecule has 2 aromatic rings. The minimum atomic E-state index is -0.226. The van der Waals surface area contributed by atoms with Gasteiger partial charge in [-0.15, -0.1) is 0 Å². The number of fused-ring (bicyclic) bond motifs is 1. The number of phenolic OH excluding ortho intramolecular Hbond substituents is 1. The SMILES string of the molecule is COc1ccc(/C=C2\C(=O)Nc3cc(OC)c(OC)cc32)cc1O. The molecule has 1 aliphatic heterocycles. The van der Waals surface area contributed by atoms with Crippen LogP contribution < -0.4 is 19.5 Å². The van der Waals surface area contributed by atoms with Gasteiger partial charge in [0.05, 0.1) is 27.0 Å². The first-order chi connectivity index (χ1) is 11.6. The van der Waals surface area contributed by atoms with E-state index < -0.39 is 0 Å². The van der Waals surface area contributed by atoms with Crippen molar-refractivity contribution in [3.8, 4) is 23.0 Å². The van der Waals surface area contributed by atoms with E-state index in [1.54, 1.807) is 37.5 Å². The summed E-state index contributed by atoms with van der Waals surface area (Å²) < 4.78 is 15.6. The van der Waals surface area contributed by atoms with Crippen LogP contribution in [0.15, 0.2) is 30.3 Å². The molecule has 0 saturated heterocycles. The van der Waals surface area contributed by atoms with Gasteiger partial charge in [-0.25, -0.2) is 0 Å². The zero-order valence-corrected chi connectivity index (χ0v) is 13.5. The number of carbonyl (C=O) groups excluding carboxylic acids is 1. The average Bonchev–Trinajstić information content (AvgIpc) is 2.88. The van der Waals surface area contributed by atoms with E-state index in [9.17, 15) is 9.90 Å². The number of rotatable bonds is 4. The fourth-order valence-corrected chi connectivity index (χ4v) is 2.62. The van der Waals surface area contributed by atoms with Gasteiger partial charge in [-0.3, -0.25) is 4.79 Å². The maximum atomic E-state index is 12.3. The first kappa shape index (κ1) is 15.7. The monoisotopic (exact) mass is 327 g/mol. The van der Waals surface area contributed by atoms with Gasteiger partial charge >= 0.3 is 0 Å². The lowest BCUT2D eigenvalue weighted by Crippen LogP contribution is -2.03. The van der Waals surface area contributed by atoms with Crippen molar-refractivity contribution in [2.75, 3.05) is 26.6 Å². The number of benzene rings is 2. The summed E-state index contributed by atoms with van der Waals surface area (Å²) in [6.45, 7) is 0. The second-order valence-electron chi connectivity index (χ2n) is 5.20. The van der Waals surface area contributed by atoms with Crippen LogP contribution in [0, 0.1) is 0 Å². The molecule has 6 heteroatoms. The highest BCUT2D eigenvalue weighted by Crippen LogP contribution is 2.41. The molecule has 0 atom stereocenters. The van der Waals surface area contributed by atoms with Crippen LogP contribution in [0.5, 0.6) is 23.0 Å². The van der Waals surface area contributed by atoms with Crippen molar-refractivity contribution in [1.29, 1.82) is 0 Å². The number of hydrogen-bond donors (Lipinski definition) is 2. The summed E-state index contributed by atoms with van der Waals surface area (Å²) in [6.07, 6.45) is 1.70. The molecule has 0 unspecified atom stereocenters. The Hall–Kier alpha value is -3.15. The number of aromatic hydroxyl groups is 1. The number of anilines is 1. The van der Waals surface area contributed by atoms with Crippen LogP contribution in [-0.4, -0.2) is 32.3 Å². The van der Waals surface area contributed by atoms with Gasteiger partial charge in [-0.2, -0.15) is 0 Å². The van der Waals surface area contributed by atoms with Crippen LogP contribution in [0.1, 0.15) is 11.1 Å². The molecule has 3 rings (SSSR count). The third-order valence-corrected chi connectivity index (χ3v) is 3.82. The fraction of sp³-hybridized carbons (Fsp3) is 0.167. The zero-order chi connectivity index (χ0) is 17.3. The molecule has 0 saturated carbocycles. The summed E-state index contributed by atoms with van der Waals surface area (Å²) in [6, 6.07) is 8.42. The number of amides is 1. The minimum absolute atomic E-state index is 0.0118. The van der Waals surface area contributed by atoms with E-state index in [4.69, 9.17) is 14.2 Å². The summed E-state index contributed by atoms with van der Waals surface area (Å²) in [5.74, 6) is 1.24. The lowest BCUT2D eigenvalue weighted by molar-refractivity contribution is -0.110. The van der Waals surface area contributed by atoms with Gasteiger partial charge in [-0.1, -0.05) is 6.07 Å². The van der Waals surface area contributed by atoms with Crippen LogP contribution >= 0.6 is 0 Å². The molecule has 1 aliphatic rings. The average molecular weight is 327 g/mol. The van der Waals surface area contributed by atoms with Crippen LogP contribution in [0.2, 0.25) is 0 Å². The molecule has 2 N–H and O–H groups in total. The smallest absolute Gasteiger partial charge is 0.256 e. The maximum absolute atomic E-state index is 12.3. The Morgan fingerprint density at radius 3 is 2.25 bits per heavy atom. The highest BCUT2D eigenvalue weighted by molar-refractivity contribution is 6.35. The minimum Gasteiger partial charge on any atom is -0.504 e. The van der Waals surface area contributed by atoms with E-state index in [0.29, 0.717) is 39.6 Å². The number of hydrogen-bond acceptors (Lipinski definition) is 5. The van der Waals surface area contributed by atoms with Crippen molar-refractivity contribution in [2.45, 2.75) is 0 Å². The summed E-state index contributed by atoms with van der Waals surface area (Å²) >= 11 is 0. The van der Waals surface area contributed by atoms with Crippen molar-refractivity contribution in [3.63, 3.8) is 0 Å². The van der Waals surface area contributed by atoms with Crippen LogP contribution in [0.25, 0.3) is 11.6 Å². The topological polar surface area (TPSA) is 77.0 Å². The highest BCUT2D eigenvalue weighted by atomic mass is 16.5. The molecular formula is C18H17NO5. The Labute approximate surface area is 139 Å². The fourth-order valence-electron chi connectivity index (χ4n) is 2.62. The largest absolute Gasteiger partial charge is 0.504 e. The molecule has 1 amide bonds. The lowest BCUT2D eigenvalue weighted by Gasteiger charge is -2.09. The standard InChI is InChI=1S/C18H17NO5/c1-22-15-5-4-10(7-14(15)20)6-12-11-8-16(23-2)17(24-3)9-13(11)19-18(12)21/h4-9,20H,1-3H3,(H,19,21)/b12-6-. The van der Waals surface area contributed by atoms with E-state index in [-0.39, 0.29) is 11.7 Å². The van der Waals surface area contributed by atoms with Crippen molar-refractivity contribution in [3.05, 3.63) is 41.5 Å². The van der Waals surface area contributed by atoms with Gasteiger partial charge in [0.25, 0.3) is 5.91 Å². The molecule has 6 nitrogen and oxygen atoms in total. The maximum Gasteiger partial charge on any atom is 0.256 e. The second-order valence-corrected chi connectivity index (χ2v) is 5.20. The summed E-state index contributed by atoms with van der Waals surface area (Å²) in [5, 5.41) is 12.7. The van der Waals surface area contributed by atoms with Gasteiger partial charge in [0, 0.05) is 17.2 Å². The Kier molecular flexibility index (Phi) is 4.04. The Bertz CT molecular complexity index is 842. The Balaban J connectivity index is 2.07. The molecule has 0 fully saturated rings. The number of nitrogens with one attached hydrogen (secondary N) is 1. The highest BCUT2D eigenvalue weighted by Gasteiger charge is 2.26. The summed E-state index contributed by atoms with van der Waals surface area (Å²) in [5.41, 5.74) is 2.53. The van der Waals surface area contributed by atoms with E-state index >= 15 is 0 Å². The molecule has 0 aromatic heterocycles. The van der Waals surface area contributed by atoms with E-state index in [0.717, 1.165) is 0 Å². The van der Waals surface area contributed by atoms with E-state index in [2.05, 4.69) is 5.32 Å². The zero-order valence-electron chi connectivity index (χ0n) is 13.5. The predicted molar refractivity (Wildman–Crippen MR) is 90.7 cm³/mol. The predicted octanol–water partition coefficient (Wildman–Crippen LogP) is 2.91. The Morgan fingerprint density at radius 1 is 0.958 bits per heavy atom. The lowest BCUT2D eigenvalue weighted by atomic mass is 10.0. The number of phenols is 1. The number of methoxy groups -OCH3 is 3. The van der Waals surface area contributed by atoms with Gasteiger partial charge in [0.1, 0.15) is 0 Å². The third kappa shape index (κ3) is 2.62. The van der Waals surface area contributed by atoms with Gasteiger partial charge in [0.15, 0.2) is 23.0 Å². The number of ether oxygens (including phenoxy) is 3. The van der Waals surface area contributed by atoms with Crippen molar-refractivity contribution < 1.29 is 24.1 Å². The first-order valence-electron chi connectivity index (χ1n) is 7.23.